The van der Waals surface area contributed by atoms with Crippen LogP contribution in [0.3, 0.4) is 0 Å². The molecule has 1 fully saturated rings. The monoisotopic (exact) mass is 283 g/mol. The van der Waals surface area contributed by atoms with Gasteiger partial charge in [0.15, 0.2) is 5.69 Å². The highest BCUT2D eigenvalue weighted by molar-refractivity contribution is 7.09. The molecule has 7 heteroatoms. The molecule has 6 nitrogen and oxygen atoms in total. The lowest BCUT2D eigenvalue weighted by atomic mass is 10.3. The number of nitrogens with zero attached hydrogens (tertiary/aromatic N) is 1. The summed E-state index contributed by atoms with van der Waals surface area (Å²) in [6.45, 7) is 3.36. The van der Waals surface area contributed by atoms with Gasteiger partial charge in [0, 0.05) is 24.9 Å². The van der Waals surface area contributed by atoms with Crippen molar-refractivity contribution in [1.29, 1.82) is 0 Å². The molecule has 0 bridgehead atoms. The lowest BCUT2D eigenvalue weighted by Crippen LogP contribution is -2.37. The first kappa shape index (κ1) is 13.8. The number of amides is 2. The van der Waals surface area contributed by atoms with Crippen molar-refractivity contribution >= 4 is 23.3 Å². The summed E-state index contributed by atoms with van der Waals surface area (Å²) in [6, 6.07) is -0.172. The van der Waals surface area contributed by atoms with Gasteiger partial charge in [0.1, 0.15) is 0 Å². The zero-order valence-electron chi connectivity index (χ0n) is 10.7. The van der Waals surface area contributed by atoms with Crippen molar-refractivity contribution < 1.29 is 14.7 Å². The highest BCUT2D eigenvalue weighted by Crippen LogP contribution is 2.36. The highest BCUT2D eigenvalue weighted by atomic mass is 32.1. The maximum Gasteiger partial charge on any atom is 0.355 e. The largest absolute Gasteiger partial charge is 0.476 e. The van der Waals surface area contributed by atoms with Crippen molar-refractivity contribution in [3.8, 4) is 0 Å². The van der Waals surface area contributed by atoms with Crippen LogP contribution in [0.15, 0.2) is 5.38 Å². The number of carbonyl (C=O) groups is 2. The van der Waals surface area contributed by atoms with Crippen LogP contribution in [0.1, 0.15) is 28.8 Å². The Morgan fingerprint density at radius 2 is 2.26 bits per heavy atom. The molecule has 2 unspecified atom stereocenters. The Kier molecular flexibility index (Phi) is 4.36. The maximum atomic E-state index is 11.5. The minimum atomic E-state index is -1.02. The molecule has 3 N–H and O–H groups in total. The van der Waals surface area contributed by atoms with Gasteiger partial charge in [0.25, 0.3) is 0 Å². The highest BCUT2D eigenvalue weighted by Gasteiger charge is 2.32. The third-order valence-electron chi connectivity index (χ3n) is 3.20. The van der Waals surface area contributed by atoms with Gasteiger partial charge in [-0.2, -0.15) is 0 Å². The topological polar surface area (TPSA) is 91.3 Å². The molecule has 1 aliphatic rings. The molecule has 19 heavy (non-hydrogen) atoms. The molecule has 0 spiro atoms. The maximum absolute atomic E-state index is 11.5. The van der Waals surface area contributed by atoms with Crippen LogP contribution >= 0.6 is 11.3 Å². The van der Waals surface area contributed by atoms with E-state index in [0.717, 1.165) is 12.5 Å². The molecule has 104 valence electrons. The summed E-state index contributed by atoms with van der Waals surface area (Å²) in [7, 11) is 0. The molecule has 1 aliphatic carbocycles. The van der Waals surface area contributed by atoms with Crippen LogP contribution in [-0.2, 0) is 6.42 Å². The minimum Gasteiger partial charge on any atom is -0.476 e. The lowest BCUT2D eigenvalue weighted by Gasteiger charge is -2.05. The fourth-order valence-corrected chi connectivity index (χ4v) is 2.55. The summed E-state index contributed by atoms with van der Waals surface area (Å²) in [5.41, 5.74) is 0.0622. The van der Waals surface area contributed by atoms with E-state index in [2.05, 4.69) is 22.5 Å². The van der Waals surface area contributed by atoms with Crippen LogP contribution in [0.5, 0.6) is 0 Å². The van der Waals surface area contributed by atoms with Crippen molar-refractivity contribution in [2.75, 3.05) is 13.1 Å². The number of urea groups is 1. The summed E-state index contributed by atoms with van der Waals surface area (Å²) in [6.07, 6.45) is 1.74. The number of carbonyl (C=O) groups excluding carboxylic acids is 1. The second-order valence-corrected chi connectivity index (χ2v) is 5.73. The van der Waals surface area contributed by atoms with Crippen LogP contribution < -0.4 is 10.6 Å². The summed E-state index contributed by atoms with van der Waals surface area (Å²) in [5, 5.41) is 16.5. The average Bonchev–Trinajstić information content (AvgIpc) is 2.88. The Hall–Kier alpha value is -1.63. The van der Waals surface area contributed by atoms with E-state index >= 15 is 0 Å². The normalized spacial score (nSPS) is 20.9. The Bertz CT molecular complexity index is 475. The Morgan fingerprint density at radius 1 is 1.53 bits per heavy atom. The van der Waals surface area contributed by atoms with Crippen LogP contribution in [-0.4, -0.2) is 35.2 Å². The number of nitrogens with one attached hydrogen (secondary N) is 2. The van der Waals surface area contributed by atoms with E-state index < -0.39 is 5.97 Å². The number of aromatic carboxylic acids is 1. The zero-order valence-corrected chi connectivity index (χ0v) is 11.5. The molecule has 0 radical (unpaired) electrons. The SMILES string of the molecule is CC1CC1CNC(=O)NCCc1nc(C(=O)O)cs1. The first-order chi connectivity index (χ1) is 9.06. The van der Waals surface area contributed by atoms with E-state index in [0.29, 0.717) is 23.9 Å². The molecule has 2 atom stereocenters. The first-order valence-corrected chi connectivity index (χ1v) is 7.13. The molecule has 2 rings (SSSR count). The van der Waals surface area contributed by atoms with Gasteiger partial charge in [-0.3, -0.25) is 0 Å². The van der Waals surface area contributed by atoms with Gasteiger partial charge in [-0.1, -0.05) is 6.92 Å². The van der Waals surface area contributed by atoms with E-state index in [1.165, 1.54) is 23.1 Å². The summed E-state index contributed by atoms with van der Waals surface area (Å²) >= 11 is 1.29. The second-order valence-electron chi connectivity index (χ2n) is 4.79. The van der Waals surface area contributed by atoms with E-state index in [1.54, 1.807) is 0 Å². The van der Waals surface area contributed by atoms with Gasteiger partial charge in [-0.15, -0.1) is 11.3 Å². The van der Waals surface area contributed by atoms with Crippen molar-refractivity contribution in [3.05, 3.63) is 16.1 Å². The van der Waals surface area contributed by atoms with Crippen molar-refractivity contribution in [2.24, 2.45) is 11.8 Å². The summed E-state index contributed by atoms with van der Waals surface area (Å²) < 4.78 is 0. The summed E-state index contributed by atoms with van der Waals surface area (Å²) in [5.74, 6) is 0.333. The predicted octanol–water partition coefficient (Wildman–Crippen LogP) is 1.34. The van der Waals surface area contributed by atoms with E-state index in [4.69, 9.17) is 5.11 Å². The second kappa shape index (κ2) is 6.01. The molecule has 1 aromatic rings. The third kappa shape index (κ3) is 4.20. The van der Waals surface area contributed by atoms with Crippen LogP contribution in [0.2, 0.25) is 0 Å². The van der Waals surface area contributed by atoms with Gasteiger partial charge >= 0.3 is 12.0 Å². The van der Waals surface area contributed by atoms with E-state index in [-0.39, 0.29) is 11.7 Å². The fraction of sp³-hybridized carbons (Fsp3) is 0.583. The standard InChI is InChI=1S/C12H17N3O3S/c1-7-4-8(7)5-14-12(18)13-3-2-10-15-9(6-19-10)11(16)17/h6-8H,2-5H2,1H3,(H,16,17)(H2,13,14,18). The smallest absolute Gasteiger partial charge is 0.355 e. The molecule has 1 heterocycles. The summed E-state index contributed by atoms with van der Waals surface area (Å²) in [4.78, 5) is 26.0. The zero-order chi connectivity index (χ0) is 13.8. The number of hydrogen-bond donors (Lipinski definition) is 3. The Labute approximate surface area is 115 Å². The predicted molar refractivity (Wildman–Crippen MR) is 71.4 cm³/mol. The van der Waals surface area contributed by atoms with Crippen molar-refractivity contribution in [1.82, 2.24) is 15.6 Å². The number of aromatic nitrogens is 1. The molecule has 1 aromatic heterocycles. The number of hydrogen-bond acceptors (Lipinski definition) is 4. The minimum absolute atomic E-state index is 0.0622. The van der Waals surface area contributed by atoms with Gasteiger partial charge in [-0.05, 0) is 18.3 Å². The lowest BCUT2D eigenvalue weighted by molar-refractivity contribution is 0.0691. The molecule has 0 aliphatic heterocycles. The molecular formula is C12H17N3O3S. The van der Waals surface area contributed by atoms with E-state index in [1.807, 2.05) is 0 Å². The van der Waals surface area contributed by atoms with Crippen molar-refractivity contribution in [3.63, 3.8) is 0 Å². The molecule has 2 amide bonds. The average molecular weight is 283 g/mol. The fourth-order valence-electron chi connectivity index (χ4n) is 1.78. The number of rotatable bonds is 6. The molecule has 0 aromatic carbocycles. The molecular weight excluding hydrogens is 266 g/mol. The third-order valence-corrected chi connectivity index (χ3v) is 4.10. The quantitative estimate of drug-likeness (QED) is 0.734. The number of thiazole rings is 1. The van der Waals surface area contributed by atoms with Gasteiger partial charge in [0.2, 0.25) is 0 Å². The Morgan fingerprint density at radius 3 is 2.84 bits per heavy atom. The first-order valence-electron chi connectivity index (χ1n) is 6.25. The van der Waals surface area contributed by atoms with Crippen LogP contribution in [0, 0.1) is 11.8 Å². The molecule has 0 saturated heterocycles. The van der Waals surface area contributed by atoms with Crippen molar-refractivity contribution in [2.45, 2.75) is 19.8 Å². The molecule has 1 saturated carbocycles. The van der Waals surface area contributed by atoms with Crippen LogP contribution in [0.4, 0.5) is 4.79 Å². The van der Waals surface area contributed by atoms with Gasteiger partial charge in [-0.25, -0.2) is 14.6 Å². The number of carboxylic acids is 1. The number of carboxylic acid groups (broad SMARTS) is 1. The Balaban J connectivity index is 1.62. The van der Waals surface area contributed by atoms with Crippen LogP contribution in [0.25, 0.3) is 0 Å². The van der Waals surface area contributed by atoms with Gasteiger partial charge in [0.05, 0.1) is 5.01 Å². The van der Waals surface area contributed by atoms with Gasteiger partial charge < -0.3 is 15.7 Å². The van der Waals surface area contributed by atoms with E-state index in [9.17, 15) is 9.59 Å².